The van der Waals surface area contributed by atoms with Crippen LogP contribution in [0.5, 0.6) is 5.88 Å². The number of hydrogen-bond donors (Lipinski definition) is 1. The van der Waals surface area contributed by atoms with Crippen molar-refractivity contribution in [3.63, 3.8) is 0 Å². The molecule has 0 unspecified atom stereocenters. The van der Waals surface area contributed by atoms with E-state index in [2.05, 4.69) is 15.3 Å². The van der Waals surface area contributed by atoms with Gasteiger partial charge in [-0.05, 0) is 85.3 Å². The average Bonchev–Trinajstić information content (AvgIpc) is 3.30. The van der Waals surface area contributed by atoms with Crippen LogP contribution in [0.25, 0.3) is 22.2 Å². The maximum Gasteiger partial charge on any atom is 0.417 e. The molecule has 2 fully saturated rings. The number of amides is 2. The number of ether oxygens (including phenoxy) is 3. The Kier molecular flexibility index (Phi) is 9.01. The number of carbonyl (C=O) groups is 2. The van der Waals surface area contributed by atoms with E-state index in [1.54, 1.807) is 31.9 Å². The molecule has 11 nitrogen and oxygen atoms in total. The van der Waals surface area contributed by atoms with E-state index in [4.69, 9.17) is 19.2 Å². The first kappa shape index (κ1) is 35.7. The lowest BCUT2D eigenvalue weighted by atomic mass is 9.96. The van der Waals surface area contributed by atoms with Gasteiger partial charge in [0, 0.05) is 24.2 Å². The first-order chi connectivity index (χ1) is 23.3. The maximum absolute atomic E-state index is 16.9. The van der Waals surface area contributed by atoms with Gasteiger partial charge in [-0.3, -0.25) is 10.2 Å². The number of rotatable bonds is 3. The quantitative estimate of drug-likeness (QED) is 0.162. The van der Waals surface area contributed by atoms with Crippen LogP contribution in [0.3, 0.4) is 0 Å². The standard InChI is InChI=1S/C34H40F4N6O5S/c1-16-13-17(39-30(45)48-32(2,3)4)14-19(23(16)34(36,37)38)25-24(35)26-22-27(42-29(41-26)50-8)43-15-18-9-10-21(20(43)11-12-47-28(22)40-25)44(18)31(46)49-33(5,6)7/h13-14,18,20-21H,9-12,15H2,1-8H3,(H,39,45)/t18-,20-,21+/m1/s1. The molecule has 0 spiro atoms. The highest BCUT2D eigenvalue weighted by atomic mass is 32.2. The van der Waals surface area contributed by atoms with Crippen molar-refractivity contribution in [3.8, 4) is 17.1 Å². The van der Waals surface area contributed by atoms with Crippen molar-refractivity contribution in [1.29, 1.82) is 0 Å². The molecule has 1 N–H and O–H groups in total. The summed E-state index contributed by atoms with van der Waals surface area (Å²) in [4.78, 5) is 43.3. The number of hydrogen-bond acceptors (Lipinski definition) is 10. The fraction of sp³-hybridized carbons (Fsp3) is 0.559. The third kappa shape index (κ3) is 6.82. The molecule has 3 aliphatic rings. The predicted molar refractivity (Wildman–Crippen MR) is 180 cm³/mol. The molecule has 50 heavy (non-hydrogen) atoms. The number of thioether (sulfide) groups is 1. The monoisotopic (exact) mass is 720 g/mol. The summed E-state index contributed by atoms with van der Waals surface area (Å²) in [5.74, 6) is -0.876. The highest BCUT2D eigenvalue weighted by Crippen LogP contribution is 2.47. The summed E-state index contributed by atoms with van der Waals surface area (Å²) in [6.45, 7) is 12.1. The molecule has 2 bridgehead atoms. The normalized spacial score (nSPS) is 20.5. The van der Waals surface area contributed by atoms with Gasteiger partial charge in [0.2, 0.25) is 5.88 Å². The van der Waals surface area contributed by atoms with Crippen molar-refractivity contribution in [2.45, 2.75) is 108 Å². The summed E-state index contributed by atoms with van der Waals surface area (Å²) in [6.07, 6.45) is -2.60. The first-order valence-corrected chi connectivity index (χ1v) is 17.6. The zero-order chi connectivity index (χ0) is 36.5. The van der Waals surface area contributed by atoms with Crippen LogP contribution in [-0.2, 0) is 15.7 Å². The Balaban J connectivity index is 1.50. The van der Waals surface area contributed by atoms with Crippen LogP contribution in [0, 0.1) is 12.7 Å². The molecule has 3 aliphatic heterocycles. The number of aromatic nitrogens is 3. The van der Waals surface area contributed by atoms with Crippen molar-refractivity contribution < 1.29 is 41.4 Å². The number of fused-ring (bicyclic) bond motifs is 5. The fourth-order valence-electron chi connectivity index (χ4n) is 7.04. The number of aryl methyl sites for hydroxylation is 1. The zero-order valence-corrected chi connectivity index (χ0v) is 29.9. The molecule has 3 atom stereocenters. The van der Waals surface area contributed by atoms with Crippen LogP contribution in [0.1, 0.15) is 71.9 Å². The van der Waals surface area contributed by atoms with Crippen LogP contribution >= 0.6 is 11.8 Å². The van der Waals surface area contributed by atoms with Gasteiger partial charge in [-0.15, -0.1) is 0 Å². The lowest BCUT2D eigenvalue weighted by molar-refractivity contribution is -0.137. The smallest absolute Gasteiger partial charge is 0.417 e. The van der Waals surface area contributed by atoms with Gasteiger partial charge in [-0.2, -0.15) is 13.2 Å². The van der Waals surface area contributed by atoms with Gasteiger partial charge < -0.3 is 19.1 Å². The van der Waals surface area contributed by atoms with E-state index in [1.807, 2.05) is 25.7 Å². The molecule has 16 heteroatoms. The topological polar surface area (TPSA) is 119 Å². The Bertz CT molecular complexity index is 1860. The Morgan fingerprint density at radius 3 is 2.32 bits per heavy atom. The lowest BCUT2D eigenvalue weighted by Crippen LogP contribution is -2.62. The predicted octanol–water partition coefficient (Wildman–Crippen LogP) is 7.97. The van der Waals surface area contributed by atoms with Gasteiger partial charge in [0.1, 0.15) is 33.6 Å². The molecule has 0 radical (unpaired) electrons. The number of nitrogens with one attached hydrogen (secondary N) is 1. The van der Waals surface area contributed by atoms with E-state index in [-0.39, 0.29) is 57.9 Å². The van der Waals surface area contributed by atoms with Crippen LogP contribution < -0.4 is 15.0 Å². The maximum atomic E-state index is 16.9. The molecule has 0 saturated carbocycles. The van der Waals surface area contributed by atoms with Crippen LogP contribution in [0.4, 0.5) is 38.7 Å². The number of nitrogens with zero attached hydrogens (tertiary/aromatic N) is 5. The van der Waals surface area contributed by atoms with E-state index in [0.717, 1.165) is 36.7 Å². The molecule has 6 rings (SSSR count). The minimum absolute atomic E-state index is 0.0426. The SMILES string of the molecule is CSc1nc2c3c(nc(-c4cc(NC(=O)OC(C)(C)C)cc(C)c4C(F)(F)F)c(F)c3n1)OCC[C@@H]1[C@@H]3CC[C@H](CN21)N3C(=O)OC(C)(C)C. The molecule has 0 aliphatic carbocycles. The zero-order valence-electron chi connectivity index (χ0n) is 29.1. The summed E-state index contributed by atoms with van der Waals surface area (Å²) in [5, 5.41) is 2.79. The molecule has 2 aromatic heterocycles. The molecular weight excluding hydrogens is 680 g/mol. The molecule has 270 valence electrons. The summed E-state index contributed by atoms with van der Waals surface area (Å²) in [7, 11) is 0. The summed E-state index contributed by atoms with van der Waals surface area (Å²) in [6, 6.07) is 1.47. The van der Waals surface area contributed by atoms with Crippen molar-refractivity contribution in [2.24, 2.45) is 0 Å². The van der Waals surface area contributed by atoms with Gasteiger partial charge in [-0.1, -0.05) is 11.8 Å². The van der Waals surface area contributed by atoms with E-state index < -0.39 is 52.2 Å². The third-order valence-electron chi connectivity index (χ3n) is 8.74. The number of anilines is 2. The first-order valence-electron chi connectivity index (χ1n) is 16.3. The summed E-state index contributed by atoms with van der Waals surface area (Å²) in [5.41, 5.74) is -4.47. The van der Waals surface area contributed by atoms with E-state index >= 15 is 4.39 Å². The number of halogens is 4. The van der Waals surface area contributed by atoms with E-state index in [9.17, 15) is 22.8 Å². The fourth-order valence-corrected chi connectivity index (χ4v) is 7.40. The Morgan fingerprint density at radius 2 is 1.68 bits per heavy atom. The van der Waals surface area contributed by atoms with Crippen molar-refractivity contribution in [2.75, 3.05) is 29.6 Å². The molecule has 2 amide bonds. The second-order valence-electron chi connectivity index (χ2n) is 14.7. The second-order valence-corrected chi connectivity index (χ2v) is 15.5. The molecule has 5 heterocycles. The van der Waals surface area contributed by atoms with Crippen LogP contribution in [0.15, 0.2) is 17.3 Å². The van der Waals surface area contributed by atoms with Crippen LogP contribution in [0.2, 0.25) is 0 Å². The summed E-state index contributed by atoms with van der Waals surface area (Å²) < 4.78 is 77.9. The van der Waals surface area contributed by atoms with Crippen molar-refractivity contribution in [1.82, 2.24) is 19.9 Å². The largest absolute Gasteiger partial charge is 0.477 e. The van der Waals surface area contributed by atoms with Gasteiger partial charge in [-0.25, -0.2) is 28.9 Å². The van der Waals surface area contributed by atoms with Gasteiger partial charge in [0.15, 0.2) is 11.0 Å². The highest BCUT2D eigenvalue weighted by Gasteiger charge is 2.51. The average molecular weight is 721 g/mol. The Morgan fingerprint density at radius 1 is 0.980 bits per heavy atom. The molecule has 3 aromatic rings. The highest BCUT2D eigenvalue weighted by molar-refractivity contribution is 7.98. The number of pyridine rings is 1. The molecular formula is C34H40F4N6O5S. The Labute approximate surface area is 291 Å². The second kappa shape index (κ2) is 12.6. The van der Waals surface area contributed by atoms with Gasteiger partial charge in [0.05, 0.1) is 30.3 Å². The van der Waals surface area contributed by atoms with E-state index in [0.29, 0.717) is 18.8 Å². The number of carbonyl (C=O) groups excluding carboxylic acids is 2. The number of benzene rings is 1. The van der Waals surface area contributed by atoms with Gasteiger partial charge in [0.25, 0.3) is 0 Å². The number of piperazine rings is 1. The lowest BCUT2D eigenvalue weighted by Gasteiger charge is -2.48. The Hall–Kier alpha value is -4.08. The summed E-state index contributed by atoms with van der Waals surface area (Å²) >= 11 is 1.15. The third-order valence-corrected chi connectivity index (χ3v) is 9.29. The van der Waals surface area contributed by atoms with Gasteiger partial charge >= 0.3 is 18.4 Å². The number of alkyl halides is 3. The molecule has 1 aromatic carbocycles. The molecule has 2 saturated heterocycles. The van der Waals surface area contributed by atoms with Crippen LogP contribution in [-0.4, -0.2) is 80.8 Å². The van der Waals surface area contributed by atoms with Crippen molar-refractivity contribution in [3.05, 3.63) is 29.1 Å². The van der Waals surface area contributed by atoms with E-state index in [1.165, 1.54) is 6.92 Å². The van der Waals surface area contributed by atoms with Crippen molar-refractivity contribution >= 4 is 46.4 Å². The minimum Gasteiger partial charge on any atom is -0.477 e. The minimum atomic E-state index is -4.90.